The molecular formula is C70H101F18N7O16. The van der Waals surface area contributed by atoms with Crippen LogP contribution in [0.3, 0.4) is 0 Å². The summed E-state index contributed by atoms with van der Waals surface area (Å²) in [6, 6.07) is 0. The second kappa shape index (κ2) is 49.2. The topological polar surface area (TPSA) is 286 Å². The van der Waals surface area contributed by atoms with Crippen LogP contribution in [0.5, 0.6) is 5.75 Å². The van der Waals surface area contributed by atoms with Gasteiger partial charge in [0.15, 0.2) is 52.9 Å². The van der Waals surface area contributed by atoms with Crippen molar-refractivity contribution in [3.63, 3.8) is 0 Å². The van der Waals surface area contributed by atoms with Crippen LogP contribution in [-0.2, 0) is 52.3 Å². The van der Waals surface area contributed by atoms with E-state index in [1.165, 1.54) is 11.8 Å². The Bertz CT molecular complexity index is 3000. The minimum atomic E-state index is -4.75. The molecule has 3 unspecified atom stereocenters. The van der Waals surface area contributed by atoms with Gasteiger partial charge in [-0.05, 0) is 170 Å². The van der Waals surface area contributed by atoms with Gasteiger partial charge in [-0.25, -0.2) is 44.7 Å². The number of phenolic OH excluding ortho intramolecular Hbond substituents is 1. The molecule has 0 amide bonds. The summed E-state index contributed by atoms with van der Waals surface area (Å²) in [5.41, 5.74) is -2.88. The SMILES string of the molecule is CC(=O)OC1CCNCC1.CC(C(=O)OC1CCNCC1)C(F)(F)F.CCC(=O)OC1CCNCC1.CCCC(=O)OC1CCNCC1.CN1CCC(OC(=O)c2c(F)c(F)c(F)c(F)c2F)CC1.CN1CCC(OC(=O)c2c(O)c(F)c(F)c(F)c2F)CC1.OC(COC1CCN(CC(O)C(F)(F)F)CC1)C(F)(F)F. The summed E-state index contributed by atoms with van der Waals surface area (Å²) in [7, 11) is 3.72. The number of carbonyl (C=O) groups excluding carboxylic acids is 6. The highest BCUT2D eigenvalue weighted by Crippen LogP contribution is 2.33. The number of hydrogen-bond donors (Lipinski definition) is 7. The van der Waals surface area contributed by atoms with E-state index in [9.17, 15) is 113 Å². The molecule has 41 heteroatoms. The molecule has 7 aliphatic rings. The number of aliphatic hydroxyl groups is 2. The monoisotopic (exact) mass is 1640 g/mol. The molecule has 111 heavy (non-hydrogen) atoms. The number of esters is 6. The molecule has 0 bridgehead atoms. The number of piperidine rings is 7. The zero-order chi connectivity index (χ0) is 83.5. The lowest BCUT2D eigenvalue weighted by atomic mass is 10.1. The number of hydrogen-bond acceptors (Lipinski definition) is 23. The van der Waals surface area contributed by atoms with Crippen LogP contribution in [0, 0.1) is 58.3 Å². The second-order valence-electron chi connectivity index (χ2n) is 26.9. The molecule has 7 heterocycles. The van der Waals surface area contributed by atoms with Crippen molar-refractivity contribution in [3.05, 3.63) is 63.5 Å². The Morgan fingerprint density at radius 3 is 1.11 bits per heavy atom. The maximum Gasteiger partial charge on any atom is 0.416 e. The van der Waals surface area contributed by atoms with Crippen LogP contribution < -0.4 is 21.3 Å². The molecule has 9 rings (SSSR count). The summed E-state index contributed by atoms with van der Waals surface area (Å²) in [6.45, 7) is 14.7. The molecule has 0 aromatic heterocycles. The Hall–Kier alpha value is -6.60. The van der Waals surface area contributed by atoms with Gasteiger partial charge in [-0.3, -0.25) is 19.2 Å². The number of carbonyl (C=O) groups is 6. The zero-order valence-electron chi connectivity index (χ0n) is 62.4. The number of aliphatic hydroxyl groups excluding tert-OH is 2. The van der Waals surface area contributed by atoms with E-state index >= 15 is 0 Å². The third-order valence-electron chi connectivity index (χ3n) is 17.9. The van der Waals surface area contributed by atoms with Crippen molar-refractivity contribution < 1.29 is 156 Å². The number of β-amino-alcohol motifs (C(OH)–C–C–N with tert-alkyl or cyclic N) is 1. The van der Waals surface area contributed by atoms with Crippen molar-refractivity contribution in [3.8, 4) is 5.75 Å². The normalized spacial score (nSPS) is 19.4. The average Bonchev–Trinajstić information content (AvgIpc) is 0.790. The van der Waals surface area contributed by atoms with Crippen LogP contribution in [-0.4, -0.2) is 258 Å². The van der Waals surface area contributed by atoms with Crippen LogP contribution in [0.2, 0.25) is 0 Å². The molecule has 638 valence electrons. The largest absolute Gasteiger partial charge is 0.504 e. The van der Waals surface area contributed by atoms with Crippen LogP contribution in [0.25, 0.3) is 0 Å². The number of phenols is 1. The molecule has 3 atom stereocenters. The molecule has 23 nitrogen and oxygen atoms in total. The van der Waals surface area contributed by atoms with Crippen molar-refractivity contribution in [2.24, 2.45) is 5.92 Å². The quantitative estimate of drug-likeness (QED) is 0.0255. The fourth-order valence-electron chi connectivity index (χ4n) is 11.2. The van der Waals surface area contributed by atoms with E-state index in [2.05, 4.69) is 21.3 Å². The Morgan fingerprint density at radius 1 is 0.423 bits per heavy atom. The van der Waals surface area contributed by atoms with Gasteiger partial charge < -0.3 is 84.4 Å². The van der Waals surface area contributed by atoms with Gasteiger partial charge >= 0.3 is 54.3 Å². The van der Waals surface area contributed by atoms with Crippen LogP contribution >= 0.6 is 0 Å². The lowest BCUT2D eigenvalue weighted by molar-refractivity contribution is -0.223. The fraction of sp³-hybridized carbons (Fsp3) is 0.743. The molecule has 2 aromatic rings. The van der Waals surface area contributed by atoms with E-state index in [1.54, 1.807) is 0 Å². The molecule has 7 saturated heterocycles. The number of nitrogens with zero attached hydrogens (tertiary/aromatic N) is 3. The van der Waals surface area contributed by atoms with E-state index in [-0.39, 0.29) is 68.3 Å². The Labute approximate surface area is 630 Å². The highest BCUT2D eigenvalue weighted by Gasteiger charge is 2.44. The maximum absolute atomic E-state index is 13.5. The molecule has 0 saturated carbocycles. The highest BCUT2D eigenvalue weighted by atomic mass is 19.4. The average molecular weight is 1640 g/mol. The van der Waals surface area contributed by atoms with Crippen molar-refractivity contribution >= 4 is 35.8 Å². The van der Waals surface area contributed by atoms with E-state index < -0.39 is 155 Å². The number of likely N-dealkylation sites (tertiary alicyclic amines) is 3. The van der Waals surface area contributed by atoms with Gasteiger partial charge in [0.2, 0.25) is 17.5 Å². The van der Waals surface area contributed by atoms with Gasteiger partial charge in [-0.1, -0.05) is 13.8 Å². The van der Waals surface area contributed by atoms with E-state index in [0.717, 1.165) is 91.1 Å². The van der Waals surface area contributed by atoms with Crippen LogP contribution in [0.15, 0.2) is 0 Å². The molecule has 0 aliphatic carbocycles. The van der Waals surface area contributed by atoms with E-state index in [0.29, 0.717) is 90.6 Å². The number of aromatic hydroxyl groups is 1. The summed E-state index contributed by atoms with van der Waals surface area (Å²) in [5, 5.41) is 39.6. The van der Waals surface area contributed by atoms with Gasteiger partial charge in [0, 0.05) is 65.6 Å². The Kier molecular flexibility index (Phi) is 43.7. The second-order valence-corrected chi connectivity index (χ2v) is 26.9. The van der Waals surface area contributed by atoms with Crippen LogP contribution in [0.1, 0.15) is 158 Å². The van der Waals surface area contributed by atoms with Crippen molar-refractivity contribution in [2.75, 3.05) is 119 Å². The summed E-state index contributed by atoms with van der Waals surface area (Å²) in [4.78, 5) is 72.2. The molecule has 0 radical (unpaired) electrons. The molecule has 0 spiro atoms. The fourth-order valence-corrected chi connectivity index (χ4v) is 11.2. The lowest BCUT2D eigenvalue weighted by Gasteiger charge is -2.33. The molecule has 7 fully saturated rings. The standard InChI is InChI=1S/C13H12F5NO2.C13H13F4NO3.C11H17F6NO3.C9H14F3NO2.C9H17NO2.C8H15NO2.C7H13NO2/c1-19-4-2-6(3-5-19)21-13(20)7-8(14)10(16)12(18)11(17)9(7)15;1-18-4-2-6(3-5-18)21-13(20)7-8(14)9(15)10(16)11(17)12(7)19;12-10(13,14)8(19)5-18-3-1-7(2-4-18)21-6-9(20)11(15,16)17;1-6(9(10,11)12)8(14)15-7-2-4-13-5-3-7;1-2-3-9(11)12-8-4-6-10-7-5-8;1-2-8(10)11-7-3-5-9-6-4-7;1-6(9)10-7-2-4-8-5-3-7/h6H,2-5H2,1H3;6,19H,2-5H2,1H3;7-9,19-20H,1-6H2;6-7,13H,2-5H2,1H3;8,10H,2-7H2,1H3;7,9H,2-6H2,1H3;7-8H,2-5H2,1H3. The van der Waals surface area contributed by atoms with Gasteiger partial charge in [0.05, 0.1) is 12.7 Å². The smallest absolute Gasteiger partial charge is 0.416 e. The zero-order valence-corrected chi connectivity index (χ0v) is 62.4. The summed E-state index contributed by atoms with van der Waals surface area (Å²) in [6.07, 6.45) is -9.38. The first kappa shape index (κ1) is 98.6. The number of ether oxygens (including phenoxy) is 7. The third-order valence-corrected chi connectivity index (χ3v) is 17.9. The minimum Gasteiger partial charge on any atom is -0.504 e. The molecule has 7 aliphatic heterocycles. The minimum absolute atomic E-state index is 0.0376. The number of halogens is 18. The van der Waals surface area contributed by atoms with E-state index in [4.69, 9.17) is 43.4 Å². The van der Waals surface area contributed by atoms with Gasteiger partial charge in [-0.15, -0.1) is 0 Å². The van der Waals surface area contributed by atoms with Crippen molar-refractivity contribution in [1.82, 2.24) is 36.0 Å². The predicted molar refractivity (Wildman–Crippen MR) is 360 cm³/mol. The van der Waals surface area contributed by atoms with Crippen molar-refractivity contribution in [1.29, 1.82) is 0 Å². The predicted octanol–water partition coefficient (Wildman–Crippen LogP) is 9.70. The number of benzene rings is 2. The first-order chi connectivity index (χ1) is 52.0. The molecule has 2 aromatic carbocycles. The summed E-state index contributed by atoms with van der Waals surface area (Å²) < 4.78 is 262. The van der Waals surface area contributed by atoms with E-state index in [1.807, 2.05) is 37.7 Å². The highest BCUT2D eigenvalue weighted by molar-refractivity contribution is 5.93. The number of nitrogens with one attached hydrogen (secondary N) is 4. The summed E-state index contributed by atoms with van der Waals surface area (Å²) in [5.74, 6) is -27.4. The summed E-state index contributed by atoms with van der Waals surface area (Å²) >= 11 is 0. The Morgan fingerprint density at radius 2 is 0.748 bits per heavy atom. The van der Waals surface area contributed by atoms with Gasteiger partial charge in [-0.2, -0.15) is 43.9 Å². The Balaban J connectivity index is 0.000000341. The van der Waals surface area contributed by atoms with Gasteiger partial charge in [0.25, 0.3) is 0 Å². The molecule has 7 N–H and O–H groups in total. The van der Waals surface area contributed by atoms with Crippen molar-refractivity contribution in [2.45, 2.75) is 210 Å². The number of alkyl halides is 9. The number of rotatable bonds is 17. The maximum atomic E-state index is 13.5. The van der Waals surface area contributed by atoms with Crippen LogP contribution in [0.4, 0.5) is 79.0 Å². The first-order valence-corrected chi connectivity index (χ1v) is 36.4. The first-order valence-electron chi connectivity index (χ1n) is 36.4. The lowest BCUT2D eigenvalue weighted by Crippen LogP contribution is -2.46. The molecular weight excluding hydrogens is 1540 g/mol. The van der Waals surface area contributed by atoms with Gasteiger partial charge in [0.1, 0.15) is 53.7 Å². The third kappa shape index (κ3) is 36.2.